The highest BCUT2D eigenvalue weighted by molar-refractivity contribution is 5.85. The summed E-state index contributed by atoms with van der Waals surface area (Å²) in [7, 11) is 0. The van der Waals surface area contributed by atoms with E-state index in [1.165, 1.54) is 12.8 Å². The minimum atomic E-state index is 0. The first-order valence-electron chi connectivity index (χ1n) is 1.65. The van der Waals surface area contributed by atoms with Crippen LogP contribution in [0.4, 0.5) is 0 Å². The summed E-state index contributed by atoms with van der Waals surface area (Å²) in [5.41, 5.74) is 5.22. The Morgan fingerprint density at radius 2 is 1.33 bits per heavy atom. The summed E-state index contributed by atoms with van der Waals surface area (Å²) in [4.78, 5) is 0. The third kappa shape index (κ3) is 4.54. The van der Waals surface area contributed by atoms with Crippen molar-refractivity contribution < 1.29 is 0 Å². The third-order valence-corrected chi connectivity index (χ3v) is 0.622. The van der Waals surface area contributed by atoms with Crippen LogP contribution in [0.15, 0.2) is 0 Å². The summed E-state index contributed by atoms with van der Waals surface area (Å²) in [6, 6.07) is 0.583. The van der Waals surface area contributed by atoms with Crippen molar-refractivity contribution >= 4 is 24.8 Å². The summed E-state index contributed by atoms with van der Waals surface area (Å²) >= 11 is 0. The molecule has 0 bridgehead atoms. The zero-order valence-electron chi connectivity index (χ0n) is 3.39. The molecule has 1 aliphatic carbocycles. The predicted molar refractivity (Wildman–Crippen MR) is 31.7 cm³/mol. The van der Waals surface area contributed by atoms with Crippen molar-refractivity contribution in [2.45, 2.75) is 18.9 Å². The maximum absolute atomic E-state index is 5.22. The van der Waals surface area contributed by atoms with Crippen LogP contribution in [0.2, 0.25) is 0 Å². The molecule has 40 valence electrons. The molecular formula is C3H9Cl2N. The number of hydrogen-bond acceptors (Lipinski definition) is 1. The lowest BCUT2D eigenvalue weighted by atomic mass is 10.8. The van der Waals surface area contributed by atoms with E-state index in [-0.39, 0.29) is 24.8 Å². The summed E-state index contributed by atoms with van der Waals surface area (Å²) in [5, 5.41) is 0. The van der Waals surface area contributed by atoms with Crippen LogP contribution in [0, 0.1) is 0 Å². The second-order valence-electron chi connectivity index (χ2n) is 1.34. The van der Waals surface area contributed by atoms with Gasteiger partial charge < -0.3 is 5.73 Å². The van der Waals surface area contributed by atoms with Crippen LogP contribution in [-0.4, -0.2) is 6.04 Å². The molecule has 1 saturated carbocycles. The average molecular weight is 130 g/mol. The minimum Gasteiger partial charge on any atom is -0.328 e. The molecule has 0 saturated heterocycles. The van der Waals surface area contributed by atoms with Gasteiger partial charge in [-0.1, -0.05) is 0 Å². The monoisotopic (exact) mass is 129 g/mol. The molecule has 3 heteroatoms. The van der Waals surface area contributed by atoms with Crippen molar-refractivity contribution in [1.82, 2.24) is 0 Å². The fourth-order valence-electron chi connectivity index (χ4n) is 0.0962. The molecule has 0 radical (unpaired) electrons. The molecule has 1 aliphatic rings. The largest absolute Gasteiger partial charge is 0.328 e. The maximum Gasteiger partial charge on any atom is 0.00399 e. The molecule has 0 aromatic rings. The molecule has 0 atom stereocenters. The third-order valence-electron chi connectivity index (χ3n) is 0.622. The normalized spacial score (nSPS) is 17.5. The molecule has 0 aromatic carbocycles. The van der Waals surface area contributed by atoms with Crippen molar-refractivity contribution in [3.63, 3.8) is 0 Å². The lowest BCUT2D eigenvalue weighted by molar-refractivity contribution is 1.07. The standard InChI is InChI=1S/C3H7N.2ClH/c4-3-1-2-3;;/h3H,1-2,4H2;2*1H. The smallest absolute Gasteiger partial charge is 0.00399 e. The minimum absolute atomic E-state index is 0. The fourth-order valence-corrected chi connectivity index (χ4v) is 0.0962. The molecule has 1 nitrogen and oxygen atoms in total. The van der Waals surface area contributed by atoms with Gasteiger partial charge in [0.25, 0.3) is 0 Å². The van der Waals surface area contributed by atoms with E-state index in [0.29, 0.717) is 6.04 Å². The van der Waals surface area contributed by atoms with E-state index in [1.54, 1.807) is 0 Å². The van der Waals surface area contributed by atoms with Gasteiger partial charge in [0.05, 0.1) is 0 Å². The number of rotatable bonds is 0. The topological polar surface area (TPSA) is 26.0 Å². The van der Waals surface area contributed by atoms with Crippen LogP contribution >= 0.6 is 24.8 Å². The fraction of sp³-hybridized carbons (Fsp3) is 1.00. The number of nitrogens with two attached hydrogens (primary N) is 1. The quantitative estimate of drug-likeness (QED) is 0.519. The first-order valence-corrected chi connectivity index (χ1v) is 1.65. The van der Waals surface area contributed by atoms with Gasteiger partial charge in [-0.3, -0.25) is 0 Å². The van der Waals surface area contributed by atoms with Gasteiger partial charge in [0, 0.05) is 6.04 Å². The van der Waals surface area contributed by atoms with Crippen LogP contribution in [0.25, 0.3) is 0 Å². The van der Waals surface area contributed by atoms with Gasteiger partial charge in [0.2, 0.25) is 0 Å². The summed E-state index contributed by atoms with van der Waals surface area (Å²) in [5.74, 6) is 0. The Hall–Kier alpha value is 0.540. The van der Waals surface area contributed by atoms with E-state index in [2.05, 4.69) is 0 Å². The van der Waals surface area contributed by atoms with E-state index in [1.807, 2.05) is 0 Å². The SMILES string of the molecule is Cl.Cl.NC1CC1. The van der Waals surface area contributed by atoms with E-state index in [0.717, 1.165) is 0 Å². The van der Waals surface area contributed by atoms with Crippen molar-refractivity contribution in [3.05, 3.63) is 0 Å². The second kappa shape index (κ2) is 3.72. The zero-order chi connectivity index (χ0) is 2.99. The van der Waals surface area contributed by atoms with Gasteiger partial charge in [0.1, 0.15) is 0 Å². The molecule has 6 heavy (non-hydrogen) atoms. The molecular weight excluding hydrogens is 121 g/mol. The van der Waals surface area contributed by atoms with Crippen molar-refractivity contribution in [3.8, 4) is 0 Å². The van der Waals surface area contributed by atoms with Gasteiger partial charge >= 0.3 is 0 Å². The second-order valence-corrected chi connectivity index (χ2v) is 1.34. The van der Waals surface area contributed by atoms with Crippen LogP contribution in [-0.2, 0) is 0 Å². The molecule has 0 unspecified atom stereocenters. The lowest BCUT2D eigenvalue weighted by Crippen LogP contribution is -1.94. The number of halogens is 2. The highest BCUT2D eigenvalue weighted by atomic mass is 35.5. The predicted octanol–water partition coefficient (Wildman–Crippen LogP) is 0.951. The molecule has 1 rings (SSSR count). The van der Waals surface area contributed by atoms with Crippen molar-refractivity contribution in [2.75, 3.05) is 0 Å². The van der Waals surface area contributed by atoms with Gasteiger partial charge in [-0.2, -0.15) is 0 Å². The highest BCUT2D eigenvalue weighted by Gasteiger charge is 2.13. The zero-order valence-corrected chi connectivity index (χ0v) is 5.02. The molecule has 0 amide bonds. The van der Waals surface area contributed by atoms with Crippen LogP contribution in [0.5, 0.6) is 0 Å². The van der Waals surface area contributed by atoms with Gasteiger partial charge in [-0.05, 0) is 12.8 Å². The van der Waals surface area contributed by atoms with E-state index < -0.39 is 0 Å². The van der Waals surface area contributed by atoms with Crippen molar-refractivity contribution in [2.24, 2.45) is 5.73 Å². The highest BCUT2D eigenvalue weighted by Crippen LogP contribution is 2.13. The van der Waals surface area contributed by atoms with Crippen LogP contribution in [0.3, 0.4) is 0 Å². The summed E-state index contributed by atoms with van der Waals surface area (Å²) in [6.45, 7) is 0. The van der Waals surface area contributed by atoms with E-state index in [9.17, 15) is 0 Å². The Balaban J connectivity index is 0. The Morgan fingerprint density at radius 3 is 1.33 bits per heavy atom. The first-order chi connectivity index (χ1) is 1.89. The maximum atomic E-state index is 5.22. The van der Waals surface area contributed by atoms with E-state index >= 15 is 0 Å². The van der Waals surface area contributed by atoms with E-state index in [4.69, 9.17) is 5.73 Å². The molecule has 0 spiro atoms. The Bertz CT molecular complexity index is 28.0. The molecule has 0 aliphatic heterocycles. The Morgan fingerprint density at radius 1 is 1.17 bits per heavy atom. The molecule has 0 heterocycles. The van der Waals surface area contributed by atoms with Gasteiger partial charge in [-0.15, -0.1) is 24.8 Å². The van der Waals surface area contributed by atoms with Gasteiger partial charge in [-0.25, -0.2) is 0 Å². The molecule has 1 fully saturated rings. The molecule has 0 aromatic heterocycles. The molecule has 2 N–H and O–H groups in total. The van der Waals surface area contributed by atoms with Crippen molar-refractivity contribution in [1.29, 1.82) is 0 Å². The lowest BCUT2D eigenvalue weighted by Gasteiger charge is -1.58. The summed E-state index contributed by atoms with van der Waals surface area (Å²) in [6.07, 6.45) is 2.53. The van der Waals surface area contributed by atoms with Gasteiger partial charge in [0.15, 0.2) is 0 Å². The van der Waals surface area contributed by atoms with Crippen LogP contribution < -0.4 is 5.73 Å². The first kappa shape index (κ1) is 9.74. The Kier molecular flexibility index (Phi) is 6.04. The van der Waals surface area contributed by atoms with Crippen LogP contribution in [0.1, 0.15) is 12.8 Å². The summed E-state index contributed by atoms with van der Waals surface area (Å²) < 4.78 is 0. The average Bonchev–Trinajstić information content (AvgIpc) is 1.75. The number of hydrogen-bond donors (Lipinski definition) is 1. The Labute approximate surface area is 50.1 Å².